The molecule has 0 fully saturated rings. The molecular formula is C31H28BrCl3N4O4S. The second-order valence-corrected chi connectivity index (χ2v) is 12.9. The molecule has 13 heteroatoms. The maximum absolute atomic E-state index is 13.4. The van der Waals surface area contributed by atoms with Gasteiger partial charge < -0.3 is 19.5 Å². The number of nitrogens with one attached hydrogen (secondary N) is 1. The van der Waals surface area contributed by atoms with Crippen molar-refractivity contribution in [3.8, 4) is 11.5 Å². The minimum atomic E-state index is -0.664. The Balaban J connectivity index is 1.51. The van der Waals surface area contributed by atoms with Crippen molar-refractivity contribution in [2.24, 2.45) is 0 Å². The lowest BCUT2D eigenvalue weighted by Crippen LogP contribution is -2.30. The molecule has 5 rings (SSSR count). The van der Waals surface area contributed by atoms with Gasteiger partial charge in [-0.1, -0.05) is 77.8 Å². The highest BCUT2D eigenvalue weighted by Gasteiger charge is 2.36. The van der Waals surface area contributed by atoms with E-state index < -0.39 is 12.0 Å². The number of aromatic nitrogens is 3. The predicted octanol–water partition coefficient (Wildman–Crippen LogP) is 9.12. The van der Waals surface area contributed by atoms with E-state index in [9.17, 15) is 4.79 Å². The van der Waals surface area contributed by atoms with E-state index in [1.54, 1.807) is 23.9 Å². The molecule has 0 saturated heterocycles. The Hall–Kier alpha value is -2.89. The fraction of sp³-hybridized carbons (Fsp3) is 0.258. The number of allylic oxidation sites excluding steroid dienone is 1. The first-order valence-corrected chi connectivity index (χ1v) is 16.5. The summed E-state index contributed by atoms with van der Waals surface area (Å²) in [5.41, 5.74) is 3.48. The van der Waals surface area contributed by atoms with Crippen molar-refractivity contribution < 1.29 is 19.0 Å². The first-order chi connectivity index (χ1) is 21.2. The van der Waals surface area contributed by atoms with Gasteiger partial charge in [-0.3, -0.25) is 0 Å². The van der Waals surface area contributed by atoms with Gasteiger partial charge >= 0.3 is 5.97 Å². The summed E-state index contributed by atoms with van der Waals surface area (Å²) in [6.07, 6.45) is 0.691. The molecule has 1 N–H and O–H groups in total. The molecule has 0 spiro atoms. The van der Waals surface area contributed by atoms with Crippen LogP contribution in [0.3, 0.4) is 0 Å². The van der Waals surface area contributed by atoms with Crippen LogP contribution >= 0.6 is 62.5 Å². The van der Waals surface area contributed by atoms with Gasteiger partial charge in [0.1, 0.15) is 12.6 Å². The maximum Gasteiger partial charge on any atom is 0.338 e. The molecule has 0 aliphatic carbocycles. The van der Waals surface area contributed by atoms with E-state index in [1.807, 2.05) is 56.3 Å². The molecule has 1 aliphatic rings. The largest absolute Gasteiger partial charge is 0.493 e. The van der Waals surface area contributed by atoms with Crippen molar-refractivity contribution in [2.75, 3.05) is 19.0 Å². The Morgan fingerprint density at radius 2 is 1.89 bits per heavy atom. The van der Waals surface area contributed by atoms with Crippen LogP contribution in [-0.4, -0.2) is 34.5 Å². The molecule has 1 atom stereocenters. The van der Waals surface area contributed by atoms with E-state index in [4.69, 9.17) is 59.1 Å². The topological polar surface area (TPSA) is 87.5 Å². The third kappa shape index (κ3) is 7.15. The molecule has 0 saturated carbocycles. The number of hydrogen-bond acceptors (Lipinski definition) is 8. The standard InChI is InChI=1S/C31H28BrCl3N4O4S/c1-4-11-42-29(40)26-17(2)36-30-37-31(44-16-19-7-5-6-8-23(19)34)38-39(30)27(26)20-12-22(32)28(25(13-20)41-3)43-15-18-9-10-21(33)14-24(18)35/h5-10,12-14,27H,4,11,15-16H2,1-3H3,(H,36,37,38). The highest BCUT2D eigenvalue weighted by molar-refractivity contribution is 9.10. The summed E-state index contributed by atoms with van der Waals surface area (Å²) in [5.74, 6) is 1.55. The van der Waals surface area contributed by atoms with Crippen LogP contribution < -0.4 is 14.8 Å². The first kappa shape index (κ1) is 32.5. The number of hydrogen-bond donors (Lipinski definition) is 1. The molecule has 1 aliphatic heterocycles. The molecule has 8 nitrogen and oxygen atoms in total. The highest BCUT2D eigenvalue weighted by Crippen LogP contribution is 2.44. The summed E-state index contributed by atoms with van der Waals surface area (Å²) in [6.45, 7) is 4.24. The monoisotopic (exact) mass is 736 g/mol. The number of fused-ring (bicyclic) bond motifs is 1. The summed E-state index contributed by atoms with van der Waals surface area (Å²) in [7, 11) is 1.55. The Bertz CT molecular complexity index is 1730. The maximum atomic E-state index is 13.4. The third-order valence-electron chi connectivity index (χ3n) is 6.76. The van der Waals surface area contributed by atoms with Gasteiger partial charge in [0, 0.05) is 32.1 Å². The fourth-order valence-corrected chi connectivity index (χ4v) is 6.77. The number of thioether (sulfide) groups is 1. The summed E-state index contributed by atoms with van der Waals surface area (Å²) in [5, 5.41) is 10.3. The predicted molar refractivity (Wildman–Crippen MR) is 178 cm³/mol. The quantitative estimate of drug-likeness (QED) is 0.121. The zero-order valence-corrected chi connectivity index (χ0v) is 28.7. The molecule has 0 bridgehead atoms. The van der Waals surface area contributed by atoms with Crippen LogP contribution in [0.15, 0.2) is 75.5 Å². The highest BCUT2D eigenvalue weighted by atomic mass is 79.9. The van der Waals surface area contributed by atoms with Crippen LogP contribution in [0, 0.1) is 0 Å². The first-order valence-electron chi connectivity index (χ1n) is 13.6. The number of carbonyl (C=O) groups is 1. The summed E-state index contributed by atoms with van der Waals surface area (Å²) in [6, 6.07) is 15.9. The zero-order chi connectivity index (χ0) is 31.4. The van der Waals surface area contributed by atoms with Crippen LogP contribution in [0.5, 0.6) is 11.5 Å². The van der Waals surface area contributed by atoms with Gasteiger partial charge in [-0.2, -0.15) is 4.98 Å². The van der Waals surface area contributed by atoms with Crippen LogP contribution in [0.4, 0.5) is 5.95 Å². The van der Waals surface area contributed by atoms with E-state index >= 15 is 0 Å². The molecule has 2 heterocycles. The van der Waals surface area contributed by atoms with Crippen molar-refractivity contribution in [1.29, 1.82) is 0 Å². The van der Waals surface area contributed by atoms with E-state index in [-0.39, 0.29) is 6.61 Å². The zero-order valence-electron chi connectivity index (χ0n) is 24.0. The molecule has 1 unspecified atom stereocenters. The third-order valence-corrected chi connectivity index (χ3v) is 9.19. The molecular weight excluding hydrogens is 711 g/mol. The van der Waals surface area contributed by atoms with Crippen LogP contribution in [0.1, 0.15) is 43.0 Å². The molecule has 0 radical (unpaired) electrons. The molecule has 4 aromatic rings. The molecule has 230 valence electrons. The fourth-order valence-electron chi connectivity index (χ4n) is 4.62. The number of anilines is 1. The van der Waals surface area contributed by atoms with Gasteiger partial charge in [-0.15, -0.1) is 5.10 Å². The van der Waals surface area contributed by atoms with Gasteiger partial charge in [0.25, 0.3) is 0 Å². The number of rotatable bonds is 11. The van der Waals surface area contributed by atoms with Crippen molar-refractivity contribution in [2.45, 2.75) is 43.8 Å². The Kier molecular flexibility index (Phi) is 10.7. The van der Waals surface area contributed by atoms with E-state index in [1.165, 1.54) is 11.8 Å². The number of methoxy groups -OCH3 is 1. The van der Waals surface area contributed by atoms with E-state index in [0.29, 0.717) is 77.8 Å². The second kappa shape index (κ2) is 14.5. The van der Waals surface area contributed by atoms with Crippen LogP contribution in [0.25, 0.3) is 0 Å². The van der Waals surface area contributed by atoms with Crippen LogP contribution in [0.2, 0.25) is 15.1 Å². The lowest BCUT2D eigenvalue weighted by Gasteiger charge is -2.28. The van der Waals surface area contributed by atoms with Crippen molar-refractivity contribution in [3.05, 3.63) is 102 Å². The lowest BCUT2D eigenvalue weighted by molar-refractivity contribution is -0.139. The van der Waals surface area contributed by atoms with E-state index in [0.717, 1.165) is 11.1 Å². The number of esters is 1. The molecule has 0 amide bonds. The van der Waals surface area contributed by atoms with Gasteiger partial charge in [-0.05, 0) is 70.7 Å². The van der Waals surface area contributed by atoms with Crippen LogP contribution in [-0.2, 0) is 21.9 Å². The normalized spacial score (nSPS) is 14.2. The number of halogens is 4. The smallest absolute Gasteiger partial charge is 0.338 e. The summed E-state index contributed by atoms with van der Waals surface area (Å²) >= 11 is 23.9. The minimum absolute atomic E-state index is 0.185. The molecule has 3 aromatic carbocycles. The number of ether oxygens (including phenoxy) is 3. The van der Waals surface area contributed by atoms with Crippen molar-refractivity contribution in [1.82, 2.24) is 14.8 Å². The number of carbonyl (C=O) groups excluding carboxylic acids is 1. The van der Waals surface area contributed by atoms with Gasteiger partial charge in [-0.25, -0.2) is 9.48 Å². The average molecular weight is 739 g/mol. The minimum Gasteiger partial charge on any atom is -0.493 e. The molecule has 44 heavy (non-hydrogen) atoms. The van der Waals surface area contributed by atoms with Gasteiger partial charge in [0.05, 0.1) is 23.8 Å². The lowest BCUT2D eigenvalue weighted by atomic mass is 9.95. The Morgan fingerprint density at radius 3 is 2.61 bits per heavy atom. The Labute approximate surface area is 283 Å². The number of nitrogens with zero attached hydrogens (tertiary/aromatic N) is 3. The summed E-state index contributed by atoms with van der Waals surface area (Å²) < 4.78 is 19.8. The van der Waals surface area contributed by atoms with Crippen molar-refractivity contribution >= 4 is 74.4 Å². The van der Waals surface area contributed by atoms with Gasteiger partial charge in [0.15, 0.2) is 11.5 Å². The summed E-state index contributed by atoms with van der Waals surface area (Å²) in [4.78, 5) is 18.2. The molecule has 1 aromatic heterocycles. The second-order valence-electron chi connectivity index (χ2n) is 9.80. The van der Waals surface area contributed by atoms with Gasteiger partial charge in [0.2, 0.25) is 11.1 Å². The van der Waals surface area contributed by atoms with Crippen molar-refractivity contribution in [3.63, 3.8) is 0 Å². The van der Waals surface area contributed by atoms with E-state index in [2.05, 4.69) is 21.2 Å². The SMILES string of the molecule is CCCOC(=O)C1=C(C)Nc2nc(SCc3ccccc3Cl)nn2C1c1cc(Br)c(OCc2ccc(Cl)cc2Cl)c(OC)c1. The Morgan fingerprint density at radius 1 is 1.09 bits per heavy atom. The average Bonchev–Trinajstić information content (AvgIpc) is 3.40. The number of benzene rings is 3.